The summed E-state index contributed by atoms with van der Waals surface area (Å²) in [5, 5.41) is 9.40. The fourth-order valence-electron chi connectivity index (χ4n) is 3.05. The van der Waals surface area contributed by atoms with Crippen molar-refractivity contribution in [2.45, 2.75) is 31.5 Å². The lowest BCUT2D eigenvalue weighted by atomic mass is 9.77. The highest BCUT2D eigenvalue weighted by atomic mass is 19.4. The second-order valence-electron chi connectivity index (χ2n) is 5.66. The van der Waals surface area contributed by atoms with Crippen molar-refractivity contribution in [3.8, 4) is 11.8 Å². The molecule has 0 fully saturated rings. The lowest BCUT2D eigenvalue weighted by Crippen LogP contribution is -2.27. The first-order valence-corrected chi connectivity index (χ1v) is 7.49. The van der Waals surface area contributed by atoms with E-state index in [1.165, 1.54) is 12.1 Å². The molecule has 0 aromatic heterocycles. The maximum atomic E-state index is 12.4. The third-order valence-corrected chi connectivity index (χ3v) is 4.05. The molecule has 2 aliphatic rings. The van der Waals surface area contributed by atoms with E-state index in [0.717, 1.165) is 12.1 Å². The number of ketones is 1. The Morgan fingerprint density at radius 1 is 1.24 bits per heavy atom. The number of rotatable bonds is 2. The fourth-order valence-corrected chi connectivity index (χ4v) is 3.05. The van der Waals surface area contributed by atoms with Crippen molar-refractivity contribution in [1.82, 2.24) is 0 Å². The number of carbonyl (C=O) groups excluding carboxylic acids is 1. The Labute approximate surface area is 141 Å². The SMILES string of the molecule is N#CC1=C(N)OC2=C(C(=O)CCC2)C1c1ccc(OC(F)(F)F)cc1. The molecule has 25 heavy (non-hydrogen) atoms. The highest BCUT2D eigenvalue weighted by molar-refractivity contribution is 5.99. The van der Waals surface area contributed by atoms with Crippen LogP contribution in [0.1, 0.15) is 30.7 Å². The number of benzene rings is 1. The average molecular weight is 350 g/mol. The Hall–Kier alpha value is -2.95. The zero-order valence-corrected chi connectivity index (χ0v) is 12.9. The number of hydrogen-bond acceptors (Lipinski definition) is 5. The van der Waals surface area contributed by atoms with E-state index in [0.29, 0.717) is 36.2 Å². The molecular formula is C17H13F3N2O3. The van der Waals surface area contributed by atoms with Gasteiger partial charge >= 0.3 is 6.36 Å². The van der Waals surface area contributed by atoms with Crippen molar-refractivity contribution < 1.29 is 27.4 Å². The van der Waals surface area contributed by atoms with Gasteiger partial charge in [-0.2, -0.15) is 5.26 Å². The predicted molar refractivity (Wildman–Crippen MR) is 79.7 cm³/mol. The normalized spacial score (nSPS) is 20.7. The van der Waals surface area contributed by atoms with Gasteiger partial charge in [0.1, 0.15) is 23.2 Å². The lowest BCUT2D eigenvalue weighted by molar-refractivity contribution is -0.274. The van der Waals surface area contributed by atoms with Crippen LogP contribution < -0.4 is 10.5 Å². The molecular weight excluding hydrogens is 337 g/mol. The first kappa shape index (κ1) is 16.9. The van der Waals surface area contributed by atoms with E-state index in [1.807, 2.05) is 6.07 Å². The molecule has 0 saturated carbocycles. The minimum atomic E-state index is -4.79. The van der Waals surface area contributed by atoms with Gasteiger partial charge in [0.05, 0.1) is 5.92 Å². The van der Waals surface area contributed by atoms with Crippen LogP contribution in [0.5, 0.6) is 5.75 Å². The van der Waals surface area contributed by atoms with Gasteiger partial charge in [0.2, 0.25) is 5.88 Å². The fraction of sp³-hybridized carbons (Fsp3) is 0.294. The zero-order chi connectivity index (χ0) is 18.2. The van der Waals surface area contributed by atoms with Crippen molar-refractivity contribution in [3.63, 3.8) is 0 Å². The van der Waals surface area contributed by atoms with E-state index in [2.05, 4.69) is 4.74 Å². The second-order valence-corrected chi connectivity index (χ2v) is 5.66. The quantitative estimate of drug-likeness (QED) is 0.883. The Balaban J connectivity index is 2.02. The topological polar surface area (TPSA) is 85.3 Å². The molecule has 1 aliphatic carbocycles. The van der Waals surface area contributed by atoms with Gasteiger partial charge in [0.15, 0.2) is 5.78 Å². The highest BCUT2D eigenvalue weighted by Gasteiger charge is 2.38. The van der Waals surface area contributed by atoms with Gasteiger partial charge in [-0.05, 0) is 24.1 Å². The smallest absolute Gasteiger partial charge is 0.444 e. The summed E-state index contributed by atoms with van der Waals surface area (Å²) in [6.07, 6.45) is -3.33. The van der Waals surface area contributed by atoms with Gasteiger partial charge in [-0.25, -0.2) is 0 Å². The number of nitrogens with zero attached hydrogens (tertiary/aromatic N) is 1. The summed E-state index contributed by atoms with van der Waals surface area (Å²) in [5.74, 6) is -0.948. The second kappa shape index (κ2) is 6.16. The van der Waals surface area contributed by atoms with Crippen molar-refractivity contribution >= 4 is 5.78 Å². The summed E-state index contributed by atoms with van der Waals surface area (Å²) in [6, 6.07) is 6.98. The number of nitrogens with two attached hydrogens (primary N) is 1. The molecule has 1 aromatic carbocycles. The molecule has 1 unspecified atom stereocenters. The standard InChI is InChI=1S/C17H13F3N2O3/c18-17(19,20)25-10-6-4-9(5-7-10)14-11(8-21)16(22)24-13-3-1-2-12(23)15(13)14/h4-7,14H,1-3,22H2. The van der Waals surface area contributed by atoms with E-state index in [4.69, 9.17) is 10.5 Å². The van der Waals surface area contributed by atoms with E-state index >= 15 is 0 Å². The molecule has 0 bridgehead atoms. The van der Waals surface area contributed by atoms with Crippen molar-refractivity contribution in [1.29, 1.82) is 5.26 Å². The molecule has 130 valence electrons. The van der Waals surface area contributed by atoms with Gasteiger partial charge in [-0.15, -0.1) is 13.2 Å². The summed E-state index contributed by atoms with van der Waals surface area (Å²) < 4.78 is 46.1. The number of ether oxygens (including phenoxy) is 2. The first-order chi connectivity index (χ1) is 11.8. The summed E-state index contributed by atoms with van der Waals surface area (Å²) in [6.45, 7) is 0. The van der Waals surface area contributed by atoms with Gasteiger partial charge in [0, 0.05) is 18.4 Å². The number of allylic oxidation sites excluding steroid dienone is 3. The predicted octanol–water partition coefficient (Wildman–Crippen LogP) is 3.40. The molecule has 0 saturated heterocycles. The highest BCUT2D eigenvalue weighted by Crippen LogP contribution is 2.43. The lowest BCUT2D eigenvalue weighted by Gasteiger charge is -2.31. The van der Waals surface area contributed by atoms with Crippen LogP contribution >= 0.6 is 0 Å². The molecule has 8 heteroatoms. The van der Waals surface area contributed by atoms with E-state index in [-0.39, 0.29) is 23.0 Å². The number of carbonyl (C=O) groups is 1. The van der Waals surface area contributed by atoms with Gasteiger partial charge in [-0.1, -0.05) is 12.1 Å². The number of nitriles is 1. The molecule has 0 amide bonds. The monoisotopic (exact) mass is 350 g/mol. The molecule has 1 aromatic rings. The third kappa shape index (κ3) is 3.31. The van der Waals surface area contributed by atoms with Gasteiger partial charge < -0.3 is 15.2 Å². The third-order valence-electron chi connectivity index (χ3n) is 4.05. The number of halogens is 3. The van der Waals surface area contributed by atoms with Crippen LogP contribution in [0.3, 0.4) is 0 Å². The summed E-state index contributed by atoms with van der Waals surface area (Å²) >= 11 is 0. The maximum Gasteiger partial charge on any atom is 0.573 e. The largest absolute Gasteiger partial charge is 0.573 e. The molecule has 0 spiro atoms. The molecule has 0 radical (unpaired) electrons. The Bertz CT molecular complexity index is 817. The van der Waals surface area contributed by atoms with Crippen LogP contribution in [-0.2, 0) is 9.53 Å². The molecule has 3 rings (SSSR count). The van der Waals surface area contributed by atoms with Crippen LogP contribution in [0.4, 0.5) is 13.2 Å². The van der Waals surface area contributed by atoms with Crippen molar-refractivity contribution in [2.75, 3.05) is 0 Å². The Morgan fingerprint density at radius 2 is 1.92 bits per heavy atom. The van der Waals surface area contributed by atoms with E-state index < -0.39 is 12.3 Å². The zero-order valence-electron chi connectivity index (χ0n) is 12.9. The number of hydrogen-bond donors (Lipinski definition) is 1. The molecule has 1 aliphatic heterocycles. The average Bonchev–Trinajstić information content (AvgIpc) is 2.53. The minimum absolute atomic E-state index is 0.0680. The maximum absolute atomic E-state index is 12.4. The van der Waals surface area contributed by atoms with Gasteiger partial charge in [-0.3, -0.25) is 4.79 Å². The Kier molecular flexibility index (Phi) is 4.17. The Morgan fingerprint density at radius 3 is 2.52 bits per heavy atom. The van der Waals surface area contributed by atoms with Crippen LogP contribution in [0.2, 0.25) is 0 Å². The van der Waals surface area contributed by atoms with Crippen LogP contribution in [0, 0.1) is 11.3 Å². The van der Waals surface area contributed by atoms with Crippen LogP contribution in [-0.4, -0.2) is 12.1 Å². The molecule has 2 N–H and O–H groups in total. The van der Waals surface area contributed by atoms with E-state index in [1.54, 1.807) is 0 Å². The van der Waals surface area contributed by atoms with Crippen molar-refractivity contribution in [2.24, 2.45) is 5.73 Å². The summed E-state index contributed by atoms with van der Waals surface area (Å²) in [5.41, 5.74) is 6.69. The van der Waals surface area contributed by atoms with Gasteiger partial charge in [0.25, 0.3) is 0 Å². The summed E-state index contributed by atoms with van der Waals surface area (Å²) in [7, 11) is 0. The minimum Gasteiger partial charge on any atom is -0.444 e. The van der Waals surface area contributed by atoms with Crippen molar-refractivity contribution in [3.05, 3.63) is 52.6 Å². The van der Waals surface area contributed by atoms with Crippen LogP contribution in [0.25, 0.3) is 0 Å². The summed E-state index contributed by atoms with van der Waals surface area (Å²) in [4.78, 5) is 12.4. The molecule has 1 atom stereocenters. The molecule has 1 heterocycles. The van der Waals surface area contributed by atoms with E-state index in [9.17, 15) is 23.2 Å². The number of Topliss-reactive ketones (excluding diaryl/α,β-unsaturated/α-hetero) is 1. The number of alkyl halides is 3. The van der Waals surface area contributed by atoms with Crippen LogP contribution in [0.15, 0.2) is 47.1 Å². The molecule has 5 nitrogen and oxygen atoms in total. The first-order valence-electron chi connectivity index (χ1n) is 7.49.